The molecule has 0 saturated carbocycles. The summed E-state index contributed by atoms with van der Waals surface area (Å²) in [7, 11) is 2.09. The highest BCUT2D eigenvalue weighted by Gasteiger charge is 2.08. The van der Waals surface area contributed by atoms with Crippen LogP contribution in [0.4, 0.5) is 5.69 Å². The van der Waals surface area contributed by atoms with Gasteiger partial charge in [-0.3, -0.25) is 4.79 Å². The van der Waals surface area contributed by atoms with Crippen molar-refractivity contribution in [3.8, 4) is 0 Å². The van der Waals surface area contributed by atoms with Gasteiger partial charge in [0.05, 0.1) is 5.56 Å². The second kappa shape index (κ2) is 7.61. The van der Waals surface area contributed by atoms with Crippen LogP contribution in [-0.2, 0) is 13.1 Å². The third-order valence-corrected chi connectivity index (χ3v) is 3.64. The zero-order valence-electron chi connectivity index (χ0n) is 13.2. The van der Waals surface area contributed by atoms with Crippen molar-refractivity contribution < 1.29 is 4.79 Å². The molecular formula is C18H23N3O. The highest BCUT2D eigenvalue weighted by Crippen LogP contribution is 2.11. The van der Waals surface area contributed by atoms with Gasteiger partial charge in [-0.15, -0.1) is 0 Å². The number of nitrogens with zero attached hydrogens (tertiary/aromatic N) is 1. The molecule has 2 aromatic carbocycles. The van der Waals surface area contributed by atoms with Gasteiger partial charge in [0.15, 0.2) is 0 Å². The number of carbonyl (C=O) groups excluding carboxylic acids is 1. The molecule has 0 aliphatic rings. The number of para-hydroxylation sites is 1. The fourth-order valence-electron chi connectivity index (χ4n) is 2.24. The average Bonchev–Trinajstić information content (AvgIpc) is 2.53. The third-order valence-electron chi connectivity index (χ3n) is 3.64. The Morgan fingerprint density at radius 1 is 1.14 bits per heavy atom. The molecule has 0 spiro atoms. The van der Waals surface area contributed by atoms with Crippen LogP contribution in [0.25, 0.3) is 0 Å². The van der Waals surface area contributed by atoms with E-state index in [1.807, 2.05) is 24.3 Å². The SMILES string of the molecule is CCN(C)Cc1cccc(CNC(=O)c2ccccc2N)c1. The van der Waals surface area contributed by atoms with Crippen LogP contribution in [0.3, 0.4) is 0 Å². The van der Waals surface area contributed by atoms with Crippen molar-refractivity contribution in [1.29, 1.82) is 0 Å². The van der Waals surface area contributed by atoms with E-state index < -0.39 is 0 Å². The van der Waals surface area contributed by atoms with Gasteiger partial charge in [-0.05, 0) is 36.9 Å². The maximum atomic E-state index is 12.1. The van der Waals surface area contributed by atoms with Crippen LogP contribution in [0.15, 0.2) is 48.5 Å². The molecule has 0 aromatic heterocycles. The minimum atomic E-state index is -0.144. The van der Waals surface area contributed by atoms with Crippen LogP contribution in [0.5, 0.6) is 0 Å². The van der Waals surface area contributed by atoms with E-state index >= 15 is 0 Å². The molecule has 0 radical (unpaired) electrons. The largest absolute Gasteiger partial charge is 0.398 e. The van der Waals surface area contributed by atoms with E-state index in [1.54, 1.807) is 12.1 Å². The molecule has 4 nitrogen and oxygen atoms in total. The summed E-state index contributed by atoms with van der Waals surface area (Å²) in [6.07, 6.45) is 0. The Morgan fingerprint density at radius 2 is 1.86 bits per heavy atom. The molecule has 0 unspecified atom stereocenters. The summed E-state index contributed by atoms with van der Waals surface area (Å²) >= 11 is 0. The minimum absolute atomic E-state index is 0.144. The van der Waals surface area contributed by atoms with Crippen molar-refractivity contribution in [3.05, 3.63) is 65.2 Å². The van der Waals surface area contributed by atoms with Gasteiger partial charge >= 0.3 is 0 Å². The number of rotatable bonds is 6. The first-order chi connectivity index (χ1) is 10.6. The Morgan fingerprint density at radius 3 is 2.59 bits per heavy atom. The molecule has 4 heteroatoms. The molecule has 2 rings (SSSR count). The average molecular weight is 297 g/mol. The second-order valence-corrected chi connectivity index (χ2v) is 5.42. The van der Waals surface area contributed by atoms with Gasteiger partial charge < -0.3 is 16.0 Å². The minimum Gasteiger partial charge on any atom is -0.398 e. The van der Waals surface area contributed by atoms with E-state index in [9.17, 15) is 4.79 Å². The maximum absolute atomic E-state index is 12.1. The summed E-state index contributed by atoms with van der Waals surface area (Å²) < 4.78 is 0. The summed E-state index contributed by atoms with van der Waals surface area (Å²) in [5.41, 5.74) is 9.17. The van der Waals surface area contributed by atoms with Crippen molar-refractivity contribution in [3.63, 3.8) is 0 Å². The van der Waals surface area contributed by atoms with Crippen molar-refractivity contribution >= 4 is 11.6 Å². The van der Waals surface area contributed by atoms with Crippen LogP contribution < -0.4 is 11.1 Å². The number of hydrogen-bond donors (Lipinski definition) is 2. The van der Waals surface area contributed by atoms with Gasteiger partial charge in [0.25, 0.3) is 5.91 Å². The van der Waals surface area contributed by atoms with Crippen molar-refractivity contribution in [2.75, 3.05) is 19.3 Å². The first-order valence-corrected chi connectivity index (χ1v) is 7.49. The molecule has 116 valence electrons. The molecule has 0 bridgehead atoms. The van der Waals surface area contributed by atoms with Crippen LogP contribution in [0.2, 0.25) is 0 Å². The van der Waals surface area contributed by atoms with Crippen LogP contribution >= 0.6 is 0 Å². The van der Waals surface area contributed by atoms with Crippen molar-refractivity contribution in [1.82, 2.24) is 10.2 Å². The maximum Gasteiger partial charge on any atom is 0.253 e. The number of hydrogen-bond acceptors (Lipinski definition) is 3. The quantitative estimate of drug-likeness (QED) is 0.806. The first-order valence-electron chi connectivity index (χ1n) is 7.49. The number of nitrogens with two attached hydrogens (primary N) is 1. The van der Waals surface area contributed by atoms with E-state index in [0.717, 1.165) is 18.7 Å². The van der Waals surface area contributed by atoms with Crippen LogP contribution in [-0.4, -0.2) is 24.4 Å². The molecule has 0 heterocycles. The number of nitrogens with one attached hydrogen (secondary N) is 1. The molecule has 0 fully saturated rings. The third kappa shape index (κ3) is 4.33. The summed E-state index contributed by atoms with van der Waals surface area (Å²) in [6, 6.07) is 15.4. The van der Waals surface area contributed by atoms with E-state index in [4.69, 9.17) is 5.73 Å². The number of carbonyl (C=O) groups is 1. The van der Waals surface area contributed by atoms with Gasteiger partial charge in [-0.2, -0.15) is 0 Å². The fraction of sp³-hybridized carbons (Fsp3) is 0.278. The summed E-state index contributed by atoms with van der Waals surface area (Å²) in [4.78, 5) is 14.4. The van der Waals surface area contributed by atoms with Gasteiger partial charge in [0.1, 0.15) is 0 Å². The standard InChI is InChI=1S/C18H23N3O/c1-3-21(2)13-15-8-6-7-14(11-15)12-20-18(22)16-9-4-5-10-17(16)19/h4-11H,3,12-13,19H2,1-2H3,(H,20,22). The lowest BCUT2D eigenvalue weighted by Crippen LogP contribution is -2.24. The van der Waals surface area contributed by atoms with Crippen LogP contribution in [0, 0.1) is 0 Å². The predicted molar refractivity (Wildman–Crippen MR) is 90.5 cm³/mol. The predicted octanol–water partition coefficient (Wildman–Crippen LogP) is 2.65. The summed E-state index contributed by atoms with van der Waals surface area (Å²) in [6.45, 7) is 4.54. The van der Waals surface area contributed by atoms with Gasteiger partial charge in [-0.25, -0.2) is 0 Å². The second-order valence-electron chi connectivity index (χ2n) is 5.42. The lowest BCUT2D eigenvalue weighted by Gasteiger charge is -2.14. The molecule has 3 N–H and O–H groups in total. The Kier molecular flexibility index (Phi) is 5.55. The van der Waals surface area contributed by atoms with Gasteiger partial charge in [-0.1, -0.05) is 43.3 Å². The topological polar surface area (TPSA) is 58.4 Å². The Hall–Kier alpha value is -2.33. The van der Waals surface area contributed by atoms with E-state index in [2.05, 4.69) is 36.3 Å². The monoisotopic (exact) mass is 297 g/mol. The summed E-state index contributed by atoms with van der Waals surface area (Å²) in [5, 5.41) is 2.92. The normalized spacial score (nSPS) is 10.7. The highest BCUT2D eigenvalue weighted by molar-refractivity contribution is 5.98. The number of amides is 1. The molecule has 0 aliphatic carbocycles. The zero-order chi connectivity index (χ0) is 15.9. The summed E-state index contributed by atoms with van der Waals surface area (Å²) in [5.74, 6) is -0.144. The molecule has 2 aromatic rings. The Labute approximate surface area is 131 Å². The number of benzene rings is 2. The molecule has 0 aliphatic heterocycles. The molecule has 22 heavy (non-hydrogen) atoms. The van der Waals surface area contributed by atoms with E-state index in [1.165, 1.54) is 5.56 Å². The van der Waals surface area contributed by atoms with Crippen molar-refractivity contribution in [2.45, 2.75) is 20.0 Å². The van der Waals surface area contributed by atoms with Gasteiger partial charge in [0.2, 0.25) is 0 Å². The van der Waals surface area contributed by atoms with Gasteiger partial charge in [0, 0.05) is 18.8 Å². The number of nitrogen functional groups attached to an aromatic ring is 1. The zero-order valence-corrected chi connectivity index (χ0v) is 13.2. The van der Waals surface area contributed by atoms with E-state index in [-0.39, 0.29) is 5.91 Å². The Bertz CT molecular complexity index is 640. The highest BCUT2D eigenvalue weighted by atomic mass is 16.1. The van der Waals surface area contributed by atoms with Crippen molar-refractivity contribution in [2.24, 2.45) is 0 Å². The smallest absolute Gasteiger partial charge is 0.253 e. The molecular weight excluding hydrogens is 274 g/mol. The lowest BCUT2D eigenvalue weighted by atomic mass is 10.1. The fourth-order valence-corrected chi connectivity index (χ4v) is 2.24. The Balaban J connectivity index is 1.98. The molecule has 0 saturated heterocycles. The molecule has 1 amide bonds. The first kappa shape index (κ1) is 16.0. The molecule has 0 atom stereocenters. The van der Waals surface area contributed by atoms with E-state index in [0.29, 0.717) is 17.8 Å². The number of anilines is 1. The lowest BCUT2D eigenvalue weighted by molar-refractivity contribution is 0.0952. The van der Waals surface area contributed by atoms with Crippen LogP contribution in [0.1, 0.15) is 28.4 Å².